The predicted octanol–water partition coefficient (Wildman–Crippen LogP) is 0.638. The van der Waals surface area contributed by atoms with Crippen LogP contribution in [-0.4, -0.2) is 27.6 Å². The molecule has 0 saturated carbocycles. The van der Waals surface area contributed by atoms with E-state index < -0.39 is 17.5 Å². The number of H-pyrrole nitrogens is 1. The molecular weight excluding hydrogens is 256 g/mol. The summed E-state index contributed by atoms with van der Waals surface area (Å²) in [5.41, 5.74) is 5.25. The van der Waals surface area contributed by atoms with Crippen molar-refractivity contribution < 1.29 is 13.6 Å². The minimum absolute atomic E-state index is 0.100. The van der Waals surface area contributed by atoms with E-state index in [1.807, 2.05) is 0 Å². The molecule has 0 aliphatic carbocycles. The molecule has 0 aliphatic heterocycles. The van der Waals surface area contributed by atoms with Gasteiger partial charge in [0.25, 0.3) is 5.91 Å². The van der Waals surface area contributed by atoms with Gasteiger partial charge in [-0.2, -0.15) is 5.10 Å². The van der Waals surface area contributed by atoms with Crippen LogP contribution in [0.15, 0.2) is 18.5 Å². The molecule has 1 aromatic heterocycles. The highest BCUT2D eigenvalue weighted by Crippen LogP contribution is 2.16. The molecule has 0 bridgehead atoms. The van der Waals surface area contributed by atoms with Gasteiger partial charge in [-0.25, -0.2) is 13.8 Å². The predicted molar refractivity (Wildman–Crippen MR) is 63.2 cm³/mol. The summed E-state index contributed by atoms with van der Waals surface area (Å²) in [5.74, 6) is -2.17. The van der Waals surface area contributed by atoms with Gasteiger partial charge in [-0.05, 0) is 6.07 Å². The van der Waals surface area contributed by atoms with Crippen LogP contribution in [0.3, 0.4) is 0 Å². The summed E-state index contributed by atoms with van der Waals surface area (Å²) < 4.78 is 25.9. The Morgan fingerprint density at radius 1 is 1.37 bits per heavy atom. The number of nitrogen functional groups attached to an aromatic ring is 1. The number of nitrogens with zero attached hydrogens (tertiary/aromatic N) is 2. The molecule has 8 heteroatoms. The number of rotatable bonds is 4. The second-order valence-electron chi connectivity index (χ2n) is 3.79. The van der Waals surface area contributed by atoms with E-state index in [1.54, 1.807) is 0 Å². The van der Waals surface area contributed by atoms with E-state index in [-0.39, 0.29) is 17.8 Å². The summed E-state index contributed by atoms with van der Waals surface area (Å²) >= 11 is 0. The highest BCUT2D eigenvalue weighted by molar-refractivity contribution is 5.99. The van der Waals surface area contributed by atoms with Crippen molar-refractivity contribution >= 4 is 11.6 Å². The van der Waals surface area contributed by atoms with Gasteiger partial charge in [0.05, 0.1) is 5.56 Å². The lowest BCUT2D eigenvalue weighted by molar-refractivity contribution is 0.0954. The Morgan fingerprint density at radius 2 is 2.11 bits per heavy atom. The number of amides is 1. The van der Waals surface area contributed by atoms with Crippen molar-refractivity contribution in [3.8, 4) is 0 Å². The van der Waals surface area contributed by atoms with Gasteiger partial charge in [0.2, 0.25) is 0 Å². The second kappa shape index (κ2) is 5.42. The molecule has 0 unspecified atom stereocenters. The average molecular weight is 267 g/mol. The van der Waals surface area contributed by atoms with Gasteiger partial charge < -0.3 is 11.1 Å². The van der Waals surface area contributed by atoms with Gasteiger partial charge in [0.15, 0.2) is 11.6 Å². The third-order valence-corrected chi connectivity index (χ3v) is 2.45. The van der Waals surface area contributed by atoms with E-state index in [0.29, 0.717) is 12.2 Å². The van der Waals surface area contributed by atoms with E-state index in [2.05, 4.69) is 20.5 Å². The van der Waals surface area contributed by atoms with E-state index in [4.69, 9.17) is 5.73 Å². The fourth-order valence-corrected chi connectivity index (χ4v) is 1.50. The fraction of sp³-hybridized carbons (Fsp3) is 0.182. The third-order valence-electron chi connectivity index (χ3n) is 2.45. The lowest BCUT2D eigenvalue weighted by Gasteiger charge is -2.07. The summed E-state index contributed by atoms with van der Waals surface area (Å²) in [6.45, 7) is 0.270. The summed E-state index contributed by atoms with van der Waals surface area (Å²) in [7, 11) is 0. The zero-order chi connectivity index (χ0) is 13.8. The van der Waals surface area contributed by atoms with Crippen molar-refractivity contribution in [2.45, 2.75) is 6.42 Å². The van der Waals surface area contributed by atoms with E-state index in [1.165, 1.54) is 6.33 Å². The third kappa shape index (κ3) is 3.03. The molecule has 4 N–H and O–H groups in total. The molecule has 100 valence electrons. The van der Waals surface area contributed by atoms with Crippen molar-refractivity contribution in [2.24, 2.45) is 0 Å². The van der Waals surface area contributed by atoms with Crippen LogP contribution in [0.25, 0.3) is 0 Å². The van der Waals surface area contributed by atoms with E-state index in [9.17, 15) is 13.6 Å². The first kappa shape index (κ1) is 12.9. The molecule has 1 aromatic carbocycles. The molecule has 0 radical (unpaired) electrons. The maximum absolute atomic E-state index is 13.0. The number of aromatic amines is 1. The topological polar surface area (TPSA) is 96.7 Å². The number of hydrogen-bond acceptors (Lipinski definition) is 4. The van der Waals surface area contributed by atoms with E-state index in [0.717, 1.165) is 12.1 Å². The first-order valence-corrected chi connectivity index (χ1v) is 5.45. The molecule has 0 atom stereocenters. The number of carbonyl (C=O) groups excluding carboxylic acids is 1. The molecule has 0 spiro atoms. The zero-order valence-corrected chi connectivity index (χ0v) is 9.78. The Morgan fingerprint density at radius 3 is 2.79 bits per heavy atom. The van der Waals surface area contributed by atoms with Crippen LogP contribution in [0, 0.1) is 11.6 Å². The summed E-state index contributed by atoms with van der Waals surface area (Å²) in [6.07, 6.45) is 1.79. The first-order chi connectivity index (χ1) is 9.08. The number of hydrogen-bond donors (Lipinski definition) is 3. The summed E-state index contributed by atoms with van der Waals surface area (Å²) in [5, 5.41) is 8.81. The zero-order valence-electron chi connectivity index (χ0n) is 9.78. The maximum Gasteiger partial charge on any atom is 0.253 e. The Kier molecular flexibility index (Phi) is 3.69. The number of nitrogens with two attached hydrogens (primary N) is 1. The maximum atomic E-state index is 13.0. The molecule has 2 aromatic rings. The lowest BCUT2D eigenvalue weighted by atomic mass is 10.1. The minimum atomic E-state index is -1.12. The minimum Gasteiger partial charge on any atom is -0.398 e. The molecule has 1 amide bonds. The van der Waals surface area contributed by atoms with Crippen molar-refractivity contribution in [1.82, 2.24) is 20.5 Å². The number of benzene rings is 1. The van der Waals surface area contributed by atoms with E-state index >= 15 is 0 Å². The molecule has 6 nitrogen and oxygen atoms in total. The monoisotopic (exact) mass is 267 g/mol. The summed E-state index contributed by atoms with van der Waals surface area (Å²) in [4.78, 5) is 15.6. The quantitative estimate of drug-likeness (QED) is 0.708. The van der Waals surface area contributed by atoms with Crippen LogP contribution in [0.4, 0.5) is 14.5 Å². The lowest BCUT2D eigenvalue weighted by Crippen LogP contribution is -2.27. The standard InChI is InChI=1S/C11H11F2N5O/c12-7-3-6(9(14)4-8(7)13)11(19)15-2-1-10-16-5-17-18-10/h3-5H,1-2,14H2,(H,15,19)(H,16,17,18). The normalized spacial score (nSPS) is 10.4. The highest BCUT2D eigenvalue weighted by Gasteiger charge is 2.14. The molecular formula is C11H11F2N5O. The molecule has 0 aliphatic rings. The number of nitrogens with one attached hydrogen (secondary N) is 2. The Labute approximate surface area is 107 Å². The Hall–Kier alpha value is -2.51. The van der Waals surface area contributed by atoms with Crippen molar-refractivity contribution in [1.29, 1.82) is 0 Å². The molecule has 1 heterocycles. The van der Waals surface area contributed by atoms with Crippen LogP contribution in [0.2, 0.25) is 0 Å². The van der Waals surface area contributed by atoms with Gasteiger partial charge >= 0.3 is 0 Å². The molecule has 19 heavy (non-hydrogen) atoms. The van der Waals surface area contributed by atoms with Gasteiger partial charge in [0, 0.05) is 24.7 Å². The first-order valence-electron chi connectivity index (χ1n) is 5.45. The molecule has 2 rings (SSSR count). The number of carbonyl (C=O) groups is 1. The van der Waals surface area contributed by atoms with Crippen LogP contribution in [-0.2, 0) is 6.42 Å². The average Bonchev–Trinajstić information content (AvgIpc) is 2.86. The fourth-order valence-electron chi connectivity index (χ4n) is 1.50. The van der Waals surface area contributed by atoms with Crippen LogP contribution in [0.5, 0.6) is 0 Å². The highest BCUT2D eigenvalue weighted by atomic mass is 19.2. The van der Waals surface area contributed by atoms with Crippen LogP contribution >= 0.6 is 0 Å². The van der Waals surface area contributed by atoms with Gasteiger partial charge in [-0.15, -0.1) is 0 Å². The van der Waals surface area contributed by atoms with Crippen LogP contribution in [0.1, 0.15) is 16.2 Å². The number of anilines is 1. The summed E-state index contributed by atoms with van der Waals surface area (Å²) in [6, 6.07) is 1.55. The smallest absolute Gasteiger partial charge is 0.253 e. The van der Waals surface area contributed by atoms with Crippen LogP contribution < -0.4 is 11.1 Å². The van der Waals surface area contributed by atoms with Crippen molar-refractivity contribution in [2.75, 3.05) is 12.3 Å². The van der Waals surface area contributed by atoms with Gasteiger partial charge in [-0.1, -0.05) is 0 Å². The van der Waals surface area contributed by atoms with Gasteiger partial charge in [0.1, 0.15) is 12.2 Å². The largest absolute Gasteiger partial charge is 0.398 e. The molecule has 0 fully saturated rings. The molecule has 0 saturated heterocycles. The number of aromatic nitrogens is 3. The Balaban J connectivity index is 1.98. The van der Waals surface area contributed by atoms with Crippen molar-refractivity contribution in [3.63, 3.8) is 0 Å². The second-order valence-corrected chi connectivity index (χ2v) is 3.79. The number of halogens is 2. The van der Waals surface area contributed by atoms with Crippen molar-refractivity contribution in [3.05, 3.63) is 41.5 Å². The SMILES string of the molecule is Nc1cc(F)c(F)cc1C(=O)NCCc1ncn[nH]1. The Bertz CT molecular complexity index is 585. The van der Waals surface area contributed by atoms with Gasteiger partial charge in [-0.3, -0.25) is 9.89 Å².